The summed E-state index contributed by atoms with van der Waals surface area (Å²) in [5, 5.41) is 15.3. The van der Waals surface area contributed by atoms with E-state index in [9.17, 15) is 8.42 Å². The van der Waals surface area contributed by atoms with Crippen molar-refractivity contribution in [3.63, 3.8) is 0 Å². The summed E-state index contributed by atoms with van der Waals surface area (Å²) >= 11 is 0. The van der Waals surface area contributed by atoms with E-state index in [2.05, 4.69) is 21.2 Å². The zero-order chi connectivity index (χ0) is 16.3. The summed E-state index contributed by atoms with van der Waals surface area (Å²) in [6.45, 7) is 2.92. The van der Waals surface area contributed by atoms with Gasteiger partial charge in [0.2, 0.25) is 0 Å². The lowest BCUT2D eigenvalue weighted by molar-refractivity contribution is 0.181. The molecule has 120 valence electrons. The third kappa shape index (κ3) is 3.42. The molecule has 0 aliphatic carbocycles. The minimum absolute atomic E-state index is 0.132. The molecule has 0 saturated carbocycles. The molecule has 8 heteroatoms. The summed E-state index contributed by atoms with van der Waals surface area (Å²) < 4.78 is 26.3. The molecule has 7 nitrogen and oxygen atoms in total. The average molecular weight is 331 g/mol. The SMILES string of the molecule is N#Cc1cccc(CN2CCN(S(=O)(=O)c3ccn[nH]3)CC2)c1. The highest BCUT2D eigenvalue weighted by atomic mass is 32.2. The molecule has 0 radical (unpaired) electrons. The summed E-state index contributed by atoms with van der Waals surface area (Å²) in [6, 6.07) is 11.1. The minimum atomic E-state index is -3.48. The second-order valence-corrected chi connectivity index (χ2v) is 7.32. The lowest BCUT2D eigenvalue weighted by Gasteiger charge is -2.33. The Hall–Kier alpha value is -2.21. The lowest BCUT2D eigenvalue weighted by atomic mass is 10.1. The number of H-pyrrole nitrogens is 1. The maximum Gasteiger partial charge on any atom is 0.260 e. The number of sulfonamides is 1. The Kier molecular flexibility index (Phi) is 4.43. The second kappa shape index (κ2) is 6.50. The first-order valence-electron chi connectivity index (χ1n) is 7.30. The van der Waals surface area contributed by atoms with Gasteiger partial charge in [0.15, 0.2) is 5.03 Å². The fraction of sp³-hybridized carbons (Fsp3) is 0.333. The van der Waals surface area contributed by atoms with E-state index < -0.39 is 10.0 Å². The first kappa shape index (κ1) is 15.7. The van der Waals surface area contributed by atoms with E-state index in [0.29, 0.717) is 38.3 Å². The molecule has 1 aliphatic heterocycles. The number of nitriles is 1. The number of hydrogen-bond donors (Lipinski definition) is 1. The molecule has 2 heterocycles. The van der Waals surface area contributed by atoms with E-state index in [1.807, 2.05) is 18.2 Å². The second-order valence-electron chi connectivity index (χ2n) is 5.41. The molecule has 0 bridgehead atoms. The molecule has 1 saturated heterocycles. The number of nitrogens with zero attached hydrogens (tertiary/aromatic N) is 4. The van der Waals surface area contributed by atoms with Gasteiger partial charge >= 0.3 is 0 Å². The Balaban J connectivity index is 1.61. The Labute approximate surface area is 135 Å². The summed E-state index contributed by atoms with van der Waals surface area (Å²) in [6.07, 6.45) is 1.44. The topological polar surface area (TPSA) is 93.1 Å². The van der Waals surface area contributed by atoms with Gasteiger partial charge < -0.3 is 0 Å². The third-order valence-corrected chi connectivity index (χ3v) is 5.71. The summed E-state index contributed by atoms with van der Waals surface area (Å²) in [4.78, 5) is 2.19. The van der Waals surface area contributed by atoms with Crippen molar-refractivity contribution in [3.8, 4) is 6.07 Å². The molecule has 3 rings (SSSR count). The van der Waals surface area contributed by atoms with Gasteiger partial charge in [-0.1, -0.05) is 12.1 Å². The zero-order valence-corrected chi connectivity index (χ0v) is 13.3. The molecule has 0 spiro atoms. The van der Waals surface area contributed by atoms with Gasteiger partial charge in [-0.2, -0.15) is 14.7 Å². The number of aromatic amines is 1. The van der Waals surface area contributed by atoms with Crippen LogP contribution in [0.25, 0.3) is 0 Å². The van der Waals surface area contributed by atoms with Crippen LogP contribution in [0.3, 0.4) is 0 Å². The number of benzene rings is 1. The van der Waals surface area contributed by atoms with Crippen LogP contribution >= 0.6 is 0 Å². The standard InChI is InChI=1S/C15H17N5O2S/c16-11-13-2-1-3-14(10-13)12-19-6-8-20(9-7-19)23(21,22)15-4-5-17-18-15/h1-5,10H,6-9,12H2,(H,17,18). The summed E-state index contributed by atoms with van der Waals surface area (Å²) in [7, 11) is -3.48. The Morgan fingerprint density at radius 2 is 2.00 bits per heavy atom. The normalized spacial score (nSPS) is 17.0. The van der Waals surface area contributed by atoms with Crippen LogP contribution in [0.2, 0.25) is 0 Å². The van der Waals surface area contributed by atoms with Gasteiger partial charge in [-0.25, -0.2) is 8.42 Å². The molecule has 2 aromatic rings. The van der Waals surface area contributed by atoms with Crippen molar-refractivity contribution < 1.29 is 8.42 Å². The summed E-state index contributed by atoms with van der Waals surface area (Å²) in [5.74, 6) is 0. The molecular formula is C15H17N5O2S. The maximum atomic E-state index is 12.4. The molecule has 1 aromatic heterocycles. The van der Waals surface area contributed by atoms with Crippen molar-refractivity contribution in [3.05, 3.63) is 47.7 Å². The molecule has 1 aromatic carbocycles. The zero-order valence-electron chi connectivity index (χ0n) is 12.5. The van der Waals surface area contributed by atoms with Crippen molar-refractivity contribution in [2.24, 2.45) is 0 Å². The van der Waals surface area contributed by atoms with E-state index in [-0.39, 0.29) is 5.03 Å². The van der Waals surface area contributed by atoms with Crippen LogP contribution in [0.4, 0.5) is 0 Å². The number of piperazine rings is 1. The fourth-order valence-corrected chi connectivity index (χ4v) is 3.97. The maximum absolute atomic E-state index is 12.4. The van der Waals surface area contributed by atoms with Gasteiger partial charge in [0.05, 0.1) is 17.8 Å². The van der Waals surface area contributed by atoms with Crippen molar-refractivity contribution in [2.45, 2.75) is 11.6 Å². The fourth-order valence-electron chi connectivity index (χ4n) is 2.65. The highest BCUT2D eigenvalue weighted by Gasteiger charge is 2.29. The van der Waals surface area contributed by atoms with Gasteiger partial charge in [-0.3, -0.25) is 10.00 Å². The monoisotopic (exact) mass is 331 g/mol. The predicted octanol–water partition coefficient (Wildman–Crippen LogP) is 0.788. The minimum Gasteiger partial charge on any atom is -0.296 e. The molecule has 0 atom stereocenters. The smallest absolute Gasteiger partial charge is 0.260 e. The third-order valence-electron chi connectivity index (χ3n) is 3.89. The molecule has 1 fully saturated rings. The number of aromatic nitrogens is 2. The van der Waals surface area contributed by atoms with E-state index in [1.165, 1.54) is 16.6 Å². The van der Waals surface area contributed by atoms with Gasteiger partial charge in [0, 0.05) is 32.7 Å². The quantitative estimate of drug-likeness (QED) is 0.894. The number of rotatable bonds is 4. The van der Waals surface area contributed by atoms with Gasteiger partial charge in [0.1, 0.15) is 0 Å². The first-order valence-corrected chi connectivity index (χ1v) is 8.74. The van der Waals surface area contributed by atoms with Gasteiger partial charge in [-0.15, -0.1) is 0 Å². The highest BCUT2D eigenvalue weighted by molar-refractivity contribution is 7.89. The van der Waals surface area contributed by atoms with E-state index >= 15 is 0 Å². The molecule has 0 amide bonds. The Morgan fingerprint density at radius 3 is 2.65 bits per heavy atom. The van der Waals surface area contributed by atoms with Crippen LogP contribution in [0.5, 0.6) is 0 Å². The number of nitrogens with one attached hydrogen (secondary N) is 1. The van der Waals surface area contributed by atoms with Crippen LogP contribution in [0.1, 0.15) is 11.1 Å². The molecule has 1 N–H and O–H groups in total. The molecule has 23 heavy (non-hydrogen) atoms. The van der Waals surface area contributed by atoms with Crippen LogP contribution in [-0.4, -0.2) is 54.0 Å². The average Bonchev–Trinajstić information content (AvgIpc) is 3.11. The van der Waals surface area contributed by atoms with Crippen LogP contribution in [0.15, 0.2) is 41.6 Å². The lowest BCUT2D eigenvalue weighted by Crippen LogP contribution is -2.48. The Morgan fingerprint density at radius 1 is 1.22 bits per heavy atom. The Bertz CT molecular complexity index is 803. The van der Waals surface area contributed by atoms with E-state index in [4.69, 9.17) is 5.26 Å². The van der Waals surface area contributed by atoms with E-state index in [1.54, 1.807) is 6.07 Å². The molecule has 1 aliphatic rings. The number of hydrogen-bond acceptors (Lipinski definition) is 5. The van der Waals surface area contributed by atoms with Gasteiger partial charge in [-0.05, 0) is 23.8 Å². The molecule has 0 unspecified atom stereocenters. The van der Waals surface area contributed by atoms with Gasteiger partial charge in [0.25, 0.3) is 10.0 Å². The highest BCUT2D eigenvalue weighted by Crippen LogP contribution is 2.16. The van der Waals surface area contributed by atoms with Crippen LogP contribution < -0.4 is 0 Å². The van der Waals surface area contributed by atoms with E-state index in [0.717, 1.165) is 5.56 Å². The largest absolute Gasteiger partial charge is 0.296 e. The summed E-state index contributed by atoms with van der Waals surface area (Å²) in [5.41, 5.74) is 1.71. The molecular weight excluding hydrogens is 314 g/mol. The predicted molar refractivity (Wildman–Crippen MR) is 83.8 cm³/mol. The first-order chi connectivity index (χ1) is 11.1. The van der Waals surface area contributed by atoms with Crippen molar-refractivity contribution in [1.29, 1.82) is 5.26 Å². The van der Waals surface area contributed by atoms with Crippen molar-refractivity contribution in [1.82, 2.24) is 19.4 Å². The van der Waals surface area contributed by atoms with Crippen molar-refractivity contribution in [2.75, 3.05) is 26.2 Å². The van der Waals surface area contributed by atoms with Crippen molar-refractivity contribution >= 4 is 10.0 Å². The van der Waals surface area contributed by atoms with Crippen LogP contribution in [0, 0.1) is 11.3 Å². The van der Waals surface area contributed by atoms with Crippen LogP contribution in [-0.2, 0) is 16.6 Å².